The van der Waals surface area contributed by atoms with Crippen LogP contribution in [0.2, 0.25) is 0 Å². The molecule has 184 valence electrons. The monoisotopic (exact) mass is 612 g/mol. The zero-order valence-electron chi connectivity index (χ0n) is 19.9. The first-order valence-corrected chi connectivity index (χ1v) is 13.1. The fraction of sp³-hybridized carbons (Fsp3) is 0.179. The standard InChI is InChI=1S/C28H25IN2O4S/c1-3-15-35-25-23(29)17-19(18-24(25)34-4-2)16-22-26(32)30(20-11-7-5-8-12-20)28(36)31(27(22)33)21-13-9-6-10-14-21/h5-14,16-18H,3-4,15H2,1-2H3. The van der Waals surface area contributed by atoms with E-state index in [0.29, 0.717) is 41.7 Å². The van der Waals surface area contributed by atoms with E-state index in [0.717, 1.165) is 9.99 Å². The van der Waals surface area contributed by atoms with Crippen molar-refractivity contribution in [3.05, 3.63) is 87.5 Å². The number of hydrogen-bond donors (Lipinski definition) is 0. The molecule has 1 saturated heterocycles. The van der Waals surface area contributed by atoms with Gasteiger partial charge in [-0.1, -0.05) is 43.3 Å². The third-order valence-electron chi connectivity index (χ3n) is 5.37. The summed E-state index contributed by atoms with van der Waals surface area (Å²) in [6.45, 7) is 4.94. The SMILES string of the molecule is CCCOc1c(I)cc(C=C2C(=O)N(c3ccccc3)C(=S)N(c3ccccc3)C2=O)cc1OCC. The number of thiocarbonyl (C=S) groups is 1. The van der Waals surface area contributed by atoms with Crippen molar-refractivity contribution in [3.8, 4) is 11.5 Å². The minimum absolute atomic E-state index is 0.00298. The number of carbonyl (C=O) groups excluding carboxylic acids is 2. The van der Waals surface area contributed by atoms with E-state index >= 15 is 0 Å². The van der Waals surface area contributed by atoms with Crippen LogP contribution in [-0.4, -0.2) is 30.1 Å². The molecule has 8 heteroatoms. The largest absolute Gasteiger partial charge is 0.490 e. The van der Waals surface area contributed by atoms with Gasteiger partial charge in [0.2, 0.25) is 0 Å². The number of benzene rings is 3. The number of anilines is 2. The van der Waals surface area contributed by atoms with Crippen molar-refractivity contribution in [2.24, 2.45) is 0 Å². The zero-order valence-corrected chi connectivity index (χ0v) is 22.9. The van der Waals surface area contributed by atoms with Crippen LogP contribution in [0.3, 0.4) is 0 Å². The number of amides is 2. The van der Waals surface area contributed by atoms with Crippen LogP contribution in [0.5, 0.6) is 11.5 Å². The molecule has 0 atom stereocenters. The van der Waals surface area contributed by atoms with Gasteiger partial charge in [-0.15, -0.1) is 0 Å². The van der Waals surface area contributed by atoms with Gasteiger partial charge in [-0.25, -0.2) is 0 Å². The molecule has 0 bridgehead atoms. The van der Waals surface area contributed by atoms with E-state index in [2.05, 4.69) is 22.6 Å². The molecule has 0 spiro atoms. The normalized spacial score (nSPS) is 13.8. The smallest absolute Gasteiger partial charge is 0.270 e. The minimum atomic E-state index is -0.484. The molecule has 3 aromatic rings. The van der Waals surface area contributed by atoms with E-state index in [1.165, 1.54) is 9.80 Å². The van der Waals surface area contributed by atoms with Crippen LogP contribution >= 0.6 is 34.8 Å². The average molecular weight is 612 g/mol. The van der Waals surface area contributed by atoms with Crippen molar-refractivity contribution in [1.82, 2.24) is 0 Å². The van der Waals surface area contributed by atoms with Crippen molar-refractivity contribution in [2.75, 3.05) is 23.0 Å². The Labute approximate surface area is 229 Å². The van der Waals surface area contributed by atoms with Gasteiger partial charge in [0, 0.05) is 0 Å². The maximum atomic E-state index is 13.7. The summed E-state index contributed by atoms with van der Waals surface area (Å²) in [6.07, 6.45) is 2.45. The molecule has 1 fully saturated rings. The summed E-state index contributed by atoms with van der Waals surface area (Å²) >= 11 is 7.84. The Kier molecular flexibility index (Phi) is 8.37. The number of rotatable bonds is 8. The van der Waals surface area contributed by atoms with Crippen molar-refractivity contribution in [3.63, 3.8) is 0 Å². The van der Waals surface area contributed by atoms with E-state index in [4.69, 9.17) is 21.7 Å². The molecule has 3 aromatic carbocycles. The summed E-state index contributed by atoms with van der Waals surface area (Å²) in [5.74, 6) is 0.252. The second kappa shape index (κ2) is 11.7. The highest BCUT2D eigenvalue weighted by molar-refractivity contribution is 14.1. The lowest BCUT2D eigenvalue weighted by Gasteiger charge is -2.36. The highest BCUT2D eigenvalue weighted by Gasteiger charge is 2.41. The Bertz CT molecular complexity index is 1250. The topological polar surface area (TPSA) is 59.1 Å². The van der Waals surface area contributed by atoms with Crippen molar-refractivity contribution < 1.29 is 19.1 Å². The third kappa shape index (κ3) is 5.29. The van der Waals surface area contributed by atoms with Crippen LogP contribution in [0, 0.1) is 3.57 Å². The lowest BCUT2D eigenvalue weighted by molar-refractivity contribution is -0.120. The van der Waals surface area contributed by atoms with Crippen LogP contribution in [-0.2, 0) is 9.59 Å². The lowest BCUT2D eigenvalue weighted by atomic mass is 10.0. The first kappa shape index (κ1) is 25.8. The molecule has 1 aliphatic rings. The van der Waals surface area contributed by atoms with Crippen molar-refractivity contribution in [2.45, 2.75) is 20.3 Å². The molecule has 0 aliphatic carbocycles. The van der Waals surface area contributed by atoms with Gasteiger partial charge < -0.3 is 9.47 Å². The minimum Gasteiger partial charge on any atom is -0.490 e. The summed E-state index contributed by atoms with van der Waals surface area (Å²) in [5, 5.41) is 0.104. The molecule has 6 nitrogen and oxygen atoms in total. The van der Waals surface area contributed by atoms with Gasteiger partial charge in [-0.3, -0.25) is 19.4 Å². The maximum Gasteiger partial charge on any atom is 0.270 e. The van der Waals surface area contributed by atoms with Crippen LogP contribution in [0.15, 0.2) is 78.4 Å². The highest BCUT2D eigenvalue weighted by Crippen LogP contribution is 2.36. The predicted molar refractivity (Wildman–Crippen MR) is 155 cm³/mol. The molecule has 0 aromatic heterocycles. The molecule has 0 saturated carbocycles. The number of hydrogen-bond acceptors (Lipinski definition) is 5. The first-order chi connectivity index (χ1) is 17.5. The molecule has 0 unspecified atom stereocenters. The summed E-state index contributed by atoms with van der Waals surface area (Å²) < 4.78 is 12.5. The summed E-state index contributed by atoms with van der Waals surface area (Å²) in [7, 11) is 0. The van der Waals surface area contributed by atoms with E-state index < -0.39 is 11.8 Å². The molecule has 4 rings (SSSR count). The second-order valence-corrected chi connectivity index (χ2v) is 9.43. The fourth-order valence-electron chi connectivity index (χ4n) is 3.78. The van der Waals surface area contributed by atoms with Crippen molar-refractivity contribution >= 4 is 69.2 Å². The van der Waals surface area contributed by atoms with Gasteiger partial charge in [0.05, 0.1) is 28.2 Å². The Balaban J connectivity index is 1.84. The number of ether oxygens (including phenoxy) is 2. The Morgan fingerprint density at radius 3 is 1.92 bits per heavy atom. The summed E-state index contributed by atoms with van der Waals surface area (Å²) in [5.41, 5.74) is 1.81. The van der Waals surface area contributed by atoms with Crippen LogP contribution in [0.1, 0.15) is 25.8 Å². The number of para-hydroxylation sites is 2. The fourth-order valence-corrected chi connectivity index (χ4v) is 4.94. The number of carbonyl (C=O) groups is 2. The van der Waals surface area contributed by atoms with Gasteiger partial charge in [0.15, 0.2) is 16.6 Å². The number of nitrogens with zero attached hydrogens (tertiary/aromatic N) is 2. The molecular formula is C28H25IN2O4S. The maximum absolute atomic E-state index is 13.7. The van der Waals surface area contributed by atoms with Gasteiger partial charge in [-0.2, -0.15) is 0 Å². The first-order valence-electron chi connectivity index (χ1n) is 11.6. The van der Waals surface area contributed by atoms with Crippen molar-refractivity contribution in [1.29, 1.82) is 0 Å². The second-order valence-electron chi connectivity index (χ2n) is 7.90. The van der Waals surface area contributed by atoms with Gasteiger partial charge in [0.1, 0.15) is 5.57 Å². The average Bonchev–Trinajstić information content (AvgIpc) is 2.88. The van der Waals surface area contributed by atoms with E-state index in [-0.39, 0.29) is 10.7 Å². The summed E-state index contributed by atoms with van der Waals surface area (Å²) in [6, 6.07) is 21.8. The Hall–Kier alpha value is -3.24. The Morgan fingerprint density at radius 2 is 1.42 bits per heavy atom. The van der Waals surface area contributed by atoms with Gasteiger partial charge in [-0.05, 0) is 96.2 Å². The lowest BCUT2D eigenvalue weighted by Crippen LogP contribution is -2.56. The summed E-state index contributed by atoms with van der Waals surface area (Å²) in [4.78, 5) is 30.2. The van der Waals surface area contributed by atoms with Crippen LogP contribution in [0.4, 0.5) is 11.4 Å². The zero-order chi connectivity index (χ0) is 25.7. The van der Waals surface area contributed by atoms with E-state index in [1.54, 1.807) is 36.4 Å². The van der Waals surface area contributed by atoms with Crippen LogP contribution < -0.4 is 19.3 Å². The van der Waals surface area contributed by atoms with Gasteiger partial charge in [0.25, 0.3) is 11.8 Å². The third-order valence-corrected chi connectivity index (χ3v) is 6.54. The van der Waals surface area contributed by atoms with E-state index in [9.17, 15) is 9.59 Å². The molecule has 1 heterocycles. The molecule has 0 radical (unpaired) electrons. The molecule has 36 heavy (non-hydrogen) atoms. The molecule has 1 aliphatic heterocycles. The van der Waals surface area contributed by atoms with Crippen LogP contribution in [0.25, 0.3) is 6.08 Å². The van der Waals surface area contributed by atoms with E-state index in [1.807, 2.05) is 56.3 Å². The predicted octanol–water partition coefficient (Wildman–Crippen LogP) is 6.23. The molecule has 2 amide bonds. The molecule has 0 N–H and O–H groups in total. The Morgan fingerprint density at radius 1 is 0.861 bits per heavy atom. The number of halogens is 1. The van der Waals surface area contributed by atoms with Gasteiger partial charge >= 0.3 is 0 Å². The quantitative estimate of drug-likeness (QED) is 0.131. The molecular weight excluding hydrogens is 587 g/mol. The highest BCUT2D eigenvalue weighted by atomic mass is 127.